The minimum Gasteiger partial charge on any atom is -0.374 e. The molecule has 3 nitrogen and oxygen atoms in total. The van der Waals surface area contributed by atoms with Crippen LogP contribution in [0.5, 0.6) is 0 Å². The van der Waals surface area contributed by atoms with Gasteiger partial charge in [-0.25, -0.2) is 4.98 Å². The van der Waals surface area contributed by atoms with Crippen molar-refractivity contribution in [3.8, 4) is 0 Å². The number of nitrogens with zero attached hydrogens (tertiary/aromatic N) is 3. The monoisotopic (exact) mass is 237 g/mol. The number of hydrogen-bond acceptors (Lipinski definition) is 2. The van der Waals surface area contributed by atoms with Gasteiger partial charge in [-0.15, -0.1) is 11.6 Å². The summed E-state index contributed by atoms with van der Waals surface area (Å²) in [7, 11) is 4.09. The summed E-state index contributed by atoms with van der Waals surface area (Å²) in [6, 6.07) is 6.34. The van der Waals surface area contributed by atoms with Crippen LogP contribution in [0.4, 0.5) is 5.69 Å². The number of imidazole rings is 1. The van der Waals surface area contributed by atoms with Crippen LogP contribution in [-0.4, -0.2) is 29.0 Å². The van der Waals surface area contributed by atoms with Crippen molar-refractivity contribution in [1.29, 1.82) is 0 Å². The predicted molar refractivity (Wildman–Crippen MR) is 69.3 cm³/mol. The van der Waals surface area contributed by atoms with Crippen LogP contribution in [0, 0.1) is 0 Å². The number of aryl methyl sites for hydroxylation is 1. The van der Waals surface area contributed by atoms with E-state index in [9.17, 15) is 0 Å². The van der Waals surface area contributed by atoms with Gasteiger partial charge in [-0.1, -0.05) is 0 Å². The molecule has 1 aromatic carbocycles. The zero-order chi connectivity index (χ0) is 11.5. The van der Waals surface area contributed by atoms with E-state index >= 15 is 0 Å². The Morgan fingerprint density at radius 1 is 1.44 bits per heavy atom. The summed E-state index contributed by atoms with van der Waals surface area (Å²) in [5.74, 6) is 0.705. The molecule has 4 heteroatoms. The van der Waals surface area contributed by atoms with E-state index in [1.807, 2.05) is 17.9 Å². The zero-order valence-corrected chi connectivity index (χ0v) is 10.4. The molecule has 0 saturated heterocycles. The predicted octanol–water partition coefficient (Wildman–Crippen LogP) is 2.64. The van der Waals surface area contributed by atoms with Crippen molar-refractivity contribution in [2.24, 2.45) is 7.05 Å². The number of fused-ring (bicyclic) bond motifs is 1. The van der Waals surface area contributed by atoms with Crippen molar-refractivity contribution in [2.45, 2.75) is 6.42 Å². The van der Waals surface area contributed by atoms with Gasteiger partial charge in [0.15, 0.2) is 0 Å². The van der Waals surface area contributed by atoms with Crippen LogP contribution < -0.4 is 4.90 Å². The fourth-order valence-electron chi connectivity index (χ4n) is 1.79. The van der Waals surface area contributed by atoms with Crippen LogP contribution in [0.25, 0.3) is 11.0 Å². The molecule has 0 bridgehead atoms. The summed E-state index contributed by atoms with van der Waals surface area (Å²) in [5, 5.41) is 0. The van der Waals surface area contributed by atoms with Gasteiger partial charge >= 0.3 is 0 Å². The molecule has 86 valence electrons. The first-order valence-corrected chi connectivity index (χ1v) is 5.94. The van der Waals surface area contributed by atoms with E-state index in [1.54, 1.807) is 0 Å². The van der Waals surface area contributed by atoms with Crippen molar-refractivity contribution < 1.29 is 0 Å². The average molecular weight is 238 g/mol. The van der Waals surface area contributed by atoms with Crippen molar-refractivity contribution in [1.82, 2.24) is 9.55 Å². The molecule has 0 aliphatic rings. The van der Waals surface area contributed by atoms with Crippen LogP contribution in [0.1, 0.15) is 6.42 Å². The summed E-state index contributed by atoms with van der Waals surface area (Å²) >= 11 is 5.69. The lowest BCUT2D eigenvalue weighted by molar-refractivity contribution is 0.857. The average Bonchev–Trinajstić information content (AvgIpc) is 2.67. The Morgan fingerprint density at radius 2 is 2.25 bits per heavy atom. The van der Waals surface area contributed by atoms with Crippen LogP contribution in [0.15, 0.2) is 24.5 Å². The number of benzene rings is 1. The zero-order valence-electron chi connectivity index (χ0n) is 9.65. The maximum Gasteiger partial charge on any atom is 0.0955 e. The van der Waals surface area contributed by atoms with Crippen molar-refractivity contribution in [2.75, 3.05) is 24.4 Å². The Bertz CT molecular complexity index is 478. The van der Waals surface area contributed by atoms with Crippen molar-refractivity contribution in [3.05, 3.63) is 24.5 Å². The van der Waals surface area contributed by atoms with Crippen LogP contribution >= 0.6 is 11.6 Å². The second-order valence-electron chi connectivity index (χ2n) is 3.99. The van der Waals surface area contributed by atoms with Gasteiger partial charge in [0.2, 0.25) is 0 Å². The van der Waals surface area contributed by atoms with E-state index in [4.69, 9.17) is 11.6 Å². The molecule has 1 aromatic heterocycles. The van der Waals surface area contributed by atoms with Crippen molar-refractivity contribution >= 4 is 28.3 Å². The fourth-order valence-corrected chi connectivity index (χ4v) is 1.91. The molecule has 0 N–H and O–H groups in total. The van der Waals surface area contributed by atoms with E-state index in [2.05, 4.69) is 35.1 Å². The van der Waals surface area contributed by atoms with Gasteiger partial charge in [0, 0.05) is 32.2 Å². The van der Waals surface area contributed by atoms with E-state index in [0.29, 0.717) is 5.88 Å². The molecule has 0 unspecified atom stereocenters. The SMILES string of the molecule is CN(CCCCl)c1ccc2c(c1)ncn2C. The minimum atomic E-state index is 0.705. The second-order valence-corrected chi connectivity index (χ2v) is 4.37. The largest absolute Gasteiger partial charge is 0.374 e. The third-order valence-corrected chi connectivity index (χ3v) is 3.04. The first-order valence-electron chi connectivity index (χ1n) is 5.40. The highest BCUT2D eigenvalue weighted by atomic mass is 35.5. The summed E-state index contributed by atoms with van der Waals surface area (Å²) in [4.78, 5) is 6.56. The lowest BCUT2D eigenvalue weighted by Crippen LogP contribution is -2.18. The molecule has 0 spiro atoms. The second kappa shape index (κ2) is 4.74. The topological polar surface area (TPSA) is 21.1 Å². The maximum absolute atomic E-state index is 5.69. The third-order valence-electron chi connectivity index (χ3n) is 2.78. The van der Waals surface area contributed by atoms with Gasteiger partial charge in [-0.3, -0.25) is 0 Å². The first kappa shape index (κ1) is 11.3. The molecular formula is C12H16ClN3. The summed E-state index contributed by atoms with van der Waals surface area (Å²) in [5.41, 5.74) is 3.39. The van der Waals surface area contributed by atoms with Gasteiger partial charge in [-0.05, 0) is 24.6 Å². The van der Waals surface area contributed by atoms with Crippen LogP contribution in [-0.2, 0) is 7.05 Å². The fraction of sp³-hybridized carbons (Fsp3) is 0.417. The molecule has 0 fully saturated rings. The molecule has 0 aliphatic heterocycles. The summed E-state index contributed by atoms with van der Waals surface area (Å²) in [6.45, 7) is 0.974. The quantitative estimate of drug-likeness (QED) is 0.763. The molecular weight excluding hydrogens is 222 g/mol. The lowest BCUT2D eigenvalue weighted by Gasteiger charge is -2.18. The molecule has 16 heavy (non-hydrogen) atoms. The van der Waals surface area contributed by atoms with Crippen molar-refractivity contribution in [3.63, 3.8) is 0 Å². The molecule has 0 saturated carbocycles. The van der Waals surface area contributed by atoms with E-state index < -0.39 is 0 Å². The molecule has 0 amide bonds. The van der Waals surface area contributed by atoms with E-state index in [0.717, 1.165) is 24.0 Å². The van der Waals surface area contributed by atoms with E-state index in [-0.39, 0.29) is 0 Å². The highest BCUT2D eigenvalue weighted by molar-refractivity contribution is 6.17. The number of anilines is 1. The first-order chi connectivity index (χ1) is 7.72. The lowest BCUT2D eigenvalue weighted by atomic mass is 10.2. The van der Waals surface area contributed by atoms with Crippen LogP contribution in [0.3, 0.4) is 0 Å². The number of hydrogen-bond donors (Lipinski definition) is 0. The molecule has 0 aliphatic carbocycles. The van der Waals surface area contributed by atoms with Gasteiger partial charge in [0.25, 0.3) is 0 Å². The normalized spacial score (nSPS) is 10.9. The highest BCUT2D eigenvalue weighted by Crippen LogP contribution is 2.20. The Hall–Kier alpha value is -1.22. The third kappa shape index (κ3) is 2.14. The maximum atomic E-state index is 5.69. The van der Waals surface area contributed by atoms with Gasteiger partial charge in [0.05, 0.1) is 17.4 Å². The molecule has 0 radical (unpaired) electrons. The van der Waals surface area contributed by atoms with Crippen LogP contribution in [0.2, 0.25) is 0 Å². The van der Waals surface area contributed by atoms with Gasteiger partial charge in [0.1, 0.15) is 0 Å². The van der Waals surface area contributed by atoms with Gasteiger partial charge < -0.3 is 9.47 Å². The number of alkyl halides is 1. The molecule has 2 aromatic rings. The Balaban J connectivity index is 2.25. The highest BCUT2D eigenvalue weighted by Gasteiger charge is 2.04. The number of halogens is 1. The van der Waals surface area contributed by atoms with Gasteiger partial charge in [-0.2, -0.15) is 0 Å². The summed E-state index contributed by atoms with van der Waals surface area (Å²) < 4.78 is 2.03. The number of aromatic nitrogens is 2. The Labute approximate surface area is 101 Å². The smallest absolute Gasteiger partial charge is 0.0955 e. The molecule has 0 atom stereocenters. The minimum absolute atomic E-state index is 0.705. The standard InChI is InChI=1S/C12H16ClN3/c1-15(7-3-6-13)10-4-5-12-11(8-10)14-9-16(12)2/h4-5,8-9H,3,6-7H2,1-2H3. The number of rotatable bonds is 4. The molecule has 2 rings (SSSR count). The Kier molecular flexibility index (Phi) is 3.34. The van der Waals surface area contributed by atoms with E-state index in [1.165, 1.54) is 5.69 Å². The summed E-state index contributed by atoms with van der Waals surface area (Å²) in [6.07, 6.45) is 2.84. The Morgan fingerprint density at radius 3 is 3.00 bits per heavy atom. The molecule has 1 heterocycles.